The van der Waals surface area contributed by atoms with Gasteiger partial charge in [0.2, 0.25) is 0 Å². The highest BCUT2D eigenvalue weighted by molar-refractivity contribution is 5.71. The smallest absolute Gasteiger partial charge is 0.306 e. The van der Waals surface area contributed by atoms with E-state index in [4.69, 9.17) is 14.2 Å². The number of unbranched alkanes of at least 4 members (excludes halogenated alkanes) is 54. The monoisotopic (exact) mass is 1140 g/mol. The van der Waals surface area contributed by atoms with Crippen LogP contribution in [0.1, 0.15) is 419 Å². The number of hydrogen-bond donors (Lipinski definition) is 0. The first kappa shape index (κ1) is 78.9. The average molecular weight is 1140 g/mol. The van der Waals surface area contributed by atoms with E-state index < -0.39 is 6.10 Å². The Balaban J connectivity index is 4.28. The van der Waals surface area contributed by atoms with Crippen molar-refractivity contribution in [3.63, 3.8) is 0 Å². The summed E-state index contributed by atoms with van der Waals surface area (Å²) in [5, 5.41) is 0. The van der Waals surface area contributed by atoms with Crippen molar-refractivity contribution in [1.29, 1.82) is 0 Å². The van der Waals surface area contributed by atoms with E-state index in [0.717, 1.165) is 57.8 Å². The molecule has 0 aliphatic heterocycles. The molecule has 478 valence electrons. The number of carbonyl (C=O) groups is 3. The highest BCUT2D eigenvalue weighted by Crippen LogP contribution is 2.19. The average Bonchev–Trinajstić information content (AvgIpc) is 3.47. The molecule has 0 saturated carbocycles. The van der Waals surface area contributed by atoms with Crippen LogP contribution in [0.25, 0.3) is 0 Å². The van der Waals surface area contributed by atoms with Crippen LogP contribution in [0.3, 0.4) is 0 Å². The van der Waals surface area contributed by atoms with Gasteiger partial charge in [-0.05, 0) is 70.6 Å². The fourth-order valence-electron chi connectivity index (χ4n) is 11.4. The minimum atomic E-state index is -0.771. The lowest BCUT2D eigenvalue weighted by atomic mass is 10.0. The normalized spacial score (nSPS) is 12.1. The van der Waals surface area contributed by atoms with Crippen LogP contribution in [-0.4, -0.2) is 37.2 Å². The Kier molecular flexibility index (Phi) is 68.5. The van der Waals surface area contributed by atoms with Gasteiger partial charge in [0.15, 0.2) is 6.10 Å². The van der Waals surface area contributed by atoms with Crippen LogP contribution in [0, 0.1) is 0 Å². The molecule has 0 aromatic carbocycles. The summed E-state index contributed by atoms with van der Waals surface area (Å²) < 4.78 is 17.0. The molecular formula is C75H142O6. The molecular weight excluding hydrogens is 997 g/mol. The summed E-state index contributed by atoms with van der Waals surface area (Å²) in [7, 11) is 0. The Labute approximate surface area is 506 Å². The maximum absolute atomic E-state index is 13.0. The van der Waals surface area contributed by atoms with Crippen LogP contribution >= 0.6 is 0 Å². The van der Waals surface area contributed by atoms with Crippen molar-refractivity contribution >= 4 is 17.9 Å². The van der Waals surface area contributed by atoms with Crippen LogP contribution in [0.2, 0.25) is 0 Å². The van der Waals surface area contributed by atoms with Gasteiger partial charge in [-0.25, -0.2) is 0 Å². The molecule has 0 N–H and O–H groups in total. The molecule has 0 aromatic heterocycles. The van der Waals surface area contributed by atoms with Crippen LogP contribution in [0.4, 0.5) is 0 Å². The lowest BCUT2D eigenvalue weighted by molar-refractivity contribution is -0.167. The molecule has 81 heavy (non-hydrogen) atoms. The highest BCUT2D eigenvalue weighted by atomic mass is 16.6. The topological polar surface area (TPSA) is 78.9 Å². The van der Waals surface area contributed by atoms with E-state index in [1.807, 2.05) is 0 Å². The summed E-state index contributed by atoms with van der Waals surface area (Å²) in [6, 6.07) is 0. The number of ether oxygens (including phenoxy) is 3. The zero-order valence-electron chi connectivity index (χ0n) is 55.1. The second-order valence-electron chi connectivity index (χ2n) is 25.2. The van der Waals surface area contributed by atoms with Crippen molar-refractivity contribution in [2.45, 2.75) is 425 Å². The van der Waals surface area contributed by atoms with Crippen LogP contribution in [0.5, 0.6) is 0 Å². The zero-order chi connectivity index (χ0) is 58.5. The van der Waals surface area contributed by atoms with Crippen LogP contribution < -0.4 is 0 Å². The van der Waals surface area contributed by atoms with E-state index in [9.17, 15) is 14.4 Å². The van der Waals surface area contributed by atoms with Crippen LogP contribution in [-0.2, 0) is 28.6 Å². The van der Waals surface area contributed by atoms with Crippen molar-refractivity contribution in [3.8, 4) is 0 Å². The summed E-state index contributed by atoms with van der Waals surface area (Å²) >= 11 is 0. The molecule has 1 unspecified atom stereocenters. The van der Waals surface area contributed by atoms with Crippen molar-refractivity contribution in [1.82, 2.24) is 0 Å². The molecule has 0 aromatic rings. The van der Waals surface area contributed by atoms with E-state index >= 15 is 0 Å². The van der Waals surface area contributed by atoms with E-state index in [-0.39, 0.29) is 31.1 Å². The van der Waals surface area contributed by atoms with Gasteiger partial charge in [-0.3, -0.25) is 14.4 Å². The summed E-state index contributed by atoms with van der Waals surface area (Å²) in [6.45, 7) is 6.73. The maximum atomic E-state index is 13.0. The van der Waals surface area contributed by atoms with Crippen LogP contribution in [0.15, 0.2) is 24.3 Å². The van der Waals surface area contributed by atoms with Crippen molar-refractivity contribution in [2.75, 3.05) is 13.2 Å². The standard InChI is InChI=1S/C75H142O6/c1-4-7-10-13-16-19-22-25-28-31-34-36-37-38-39-40-42-44-47-50-53-56-59-62-65-68-74(77)80-71-72(70-79-73(76)67-64-61-58-55-52-49-46-43-33-30-27-24-21-18-15-12-9-6-3)81-75(78)69-66-63-60-57-54-51-48-45-41-35-32-29-26-23-20-17-14-11-8-5-2/h30-31,33-34,72H,4-29,32,35-71H2,1-3H3/b33-30-,34-31-. The van der Waals surface area contributed by atoms with E-state index in [1.54, 1.807) is 0 Å². The molecule has 0 amide bonds. The number of hydrogen-bond acceptors (Lipinski definition) is 6. The molecule has 0 bridgehead atoms. The van der Waals surface area contributed by atoms with Gasteiger partial charge in [-0.15, -0.1) is 0 Å². The number of rotatable bonds is 69. The molecule has 6 nitrogen and oxygen atoms in total. The molecule has 0 rings (SSSR count). The molecule has 0 fully saturated rings. The first-order valence-electron chi connectivity index (χ1n) is 36.8. The lowest BCUT2D eigenvalue weighted by Gasteiger charge is -2.18. The van der Waals surface area contributed by atoms with Gasteiger partial charge < -0.3 is 14.2 Å². The summed E-state index contributed by atoms with van der Waals surface area (Å²) in [6.07, 6.45) is 86.4. The Hall–Kier alpha value is -2.11. The summed E-state index contributed by atoms with van der Waals surface area (Å²) in [5.41, 5.74) is 0. The number of allylic oxidation sites excluding steroid dienone is 4. The number of esters is 3. The minimum absolute atomic E-state index is 0.0666. The van der Waals surface area contributed by atoms with Crippen molar-refractivity contribution in [3.05, 3.63) is 24.3 Å². The molecule has 0 aliphatic carbocycles. The molecule has 0 spiro atoms. The third kappa shape index (κ3) is 68.6. The van der Waals surface area contributed by atoms with Gasteiger partial charge in [0.05, 0.1) is 0 Å². The van der Waals surface area contributed by atoms with E-state index in [0.29, 0.717) is 19.3 Å². The zero-order valence-corrected chi connectivity index (χ0v) is 55.1. The fourth-order valence-corrected chi connectivity index (χ4v) is 11.4. The molecule has 6 heteroatoms. The van der Waals surface area contributed by atoms with E-state index in [1.165, 1.54) is 321 Å². The SMILES string of the molecule is CCCCCCCCC/C=C\CCCCCCCCCC(=O)OCC(COC(=O)CCCCCCCCCCCCCCC/C=C\CCCCCCCCCC)OC(=O)CCCCCCCCCCCCCCCCCCCCCC. The van der Waals surface area contributed by atoms with Gasteiger partial charge in [0, 0.05) is 19.3 Å². The highest BCUT2D eigenvalue weighted by Gasteiger charge is 2.20. The third-order valence-corrected chi connectivity index (χ3v) is 16.9. The second kappa shape index (κ2) is 70.4. The second-order valence-corrected chi connectivity index (χ2v) is 25.2. The van der Waals surface area contributed by atoms with Crippen molar-refractivity contribution < 1.29 is 28.6 Å². The Bertz CT molecular complexity index is 1310. The third-order valence-electron chi connectivity index (χ3n) is 16.9. The van der Waals surface area contributed by atoms with Crippen molar-refractivity contribution in [2.24, 2.45) is 0 Å². The summed E-state index contributed by atoms with van der Waals surface area (Å²) in [5.74, 6) is -0.836. The first-order chi connectivity index (χ1) is 40.0. The summed E-state index contributed by atoms with van der Waals surface area (Å²) in [4.78, 5) is 38.5. The molecule has 0 radical (unpaired) electrons. The van der Waals surface area contributed by atoms with Gasteiger partial charge >= 0.3 is 17.9 Å². The van der Waals surface area contributed by atoms with Gasteiger partial charge in [-0.2, -0.15) is 0 Å². The minimum Gasteiger partial charge on any atom is -0.462 e. The molecule has 0 aliphatic rings. The van der Waals surface area contributed by atoms with Gasteiger partial charge in [0.25, 0.3) is 0 Å². The lowest BCUT2D eigenvalue weighted by Crippen LogP contribution is -2.30. The van der Waals surface area contributed by atoms with Gasteiger partial charge in [-0.1, -0.05) is 353 Å². The van der Waals surface area contributed by atoms with E-state index in [2.05, 4.69) is 45.1 Å². The molecule has 0 heterocycles. The fraction of sp³-hybridized carbons (Fsp3) is 0.907. The Morgan fingerprint density at radius 3 is 0.617 bits per heavy atom. The predicted octanol–water partition coefficient (Wildman–Crippen LogP) is 25.3. The first-order valence-corrected chi connectivity index (χ1v) is 36.8. The Morgan fingerprint density at radius 2 is 0.407 bits per heavy atom. The van der Waals surface area contributed by atoms with Gasteiger partial charge in [0.1, 0.15) is 13.2 Å². The maximum Gasteiger partial charge on any atom is 0.306 e. The molecule has 1 atom stereocenters. The Morgan fingerprint density at radius 1 is 0.235 bits per heavy atom. The quantitative estimate of drug-likeness (QED) is 0.0261. The number of carbonyl (C=O) groups excluding carboxylic acids is 3. The molecule has 0 saturated heterocycles. The predicted molar refractivity (Wildman–Crippen MR) is 353 cm³/mol. The largest absolute Gasteiger partial charge is 0.462 e.